The second-order valence-corrected chi connectivity index (χ2v) is 5.90. The Morgan fingerprint density at radius 1 is 1.10 bits per heavy atom. The van der Waals surface area contributed by atoms with Gasteiger partial charge in [-0.2, -0.15) is 0 Å². The van der Waals surface area contributed by atoms with E-state index in [-0.39, 0.29) is 0 Å². The molecule has 2 aromatic carbocycles. The summed E-state index contributed by atoms with van der Waals surface area (Å²) in [6, 6.07) is 18.2. The highest BCUT2D eigenvalue weighted by Gasteiger charge is 2.05. The van der Waals surface area contributed by atoms with Crippen molar-refractivity contribution >= 4 is 39.4 Å². The first kappa shape index (κ1) is 15.8. The first-order chi connectivity index (χ1) is 10.2. The van der Waals surface area contributed by atoms with E-state index in [1.54, 1.807) is 11.8 Å². The summed E-state index contributed by atoms with van der Waals surface area (Å²) in [6.07, 6.45) is 0. The van der Waals surface area contributed by atoms with Gasteiger partial charge in [-0.05, 0) is 24.3 Å². The van der Waals surface area contributed by atoms with Gasteiger partial charge in [0, 0.05) is 27.6 Å². The van der Waals surface area contributed by atoms with Gasteiger partial charge in [0.1, 0.15) is 0 Å². The summed E-state index contributed by atoms with van der Waals surface area (Å²) in [6.45, 7) is 1.33. The van der Waals surface area contributed by atoms with Crippen molar-refractivity contribution < 1.29 is 9.63 Å². The highest BCUT2D eigenvalue weighted by molar-refractivity contribution is 9.09. The van der Waals surface area contributed by atoms with Gasteiger partial charge in [-0.1, -0.05) is 63.2 Å². The molecule has 5 heteroatoms. The quantitative estimate of drug-likeness (QED) is 0.339. The molecular weight excluding hydrogens is 350 g/mol. The average molecular weight is 364 g/mol. The fraction of sp³-hybridized carbons (Fsp3) is 0.125. The largest absolute Gasteiger partial charge is 0.331 e. The van der Waals surface area contributed by atoms with E-state index >= 15 is 0 Å². The molecule has 0 bridgehead atoms. The Labute approximate surface area is 136 Å². The van der Waals surface area contributed by atoms with E-state index < -0.39 is 5.97 Å². The normalized spacial score (nSPS) is 11.2. The maximum atomic E-state index is 10.8. The minimum Gasteiger partial charge on any atom is -0.318 e. The van der Waals surface area contributed by atoms with Crippen molar-refractivity contribution in [1.82, 2.24) is 0 Å². The number of halogens is 1. The predicted octanol–water partition coefficient (Wildman–Crippen LogP) is 4.50. The summed E-state index contributed by atoms with van der Waals surface area (Å²) >= 11 is 5.04. The van der Waals surface area contributed by atoms with Crippen molar-refractivity contribution in [3.05, 3.63) is 60.2 Å². The zero-order valence-corrected chi connectivity index (χ0v) is 13.9. The van der Waals surface area contributed by atoms with E-state index in [1.807, 2.05) is 42.5 Å². The van der Waals surface area contributed by atoms with E-state index in [9.17, 15) is 4.79 Å². The first-order valence-electron chi connectivity index (χ1n) is 6.33. The van der Waals surface area contributed by atoms with Gasteiger partial charge in [-0.25, -0.2) is 4.79 Å². The summed E-state index contributed by atoms with van der Waals surface area (Å²) in [4.78, 5) is 17.8. The topological polar surface area (TPSA) is 38.7 Å². The Bertz CT molecular complexity index is 626. The van der Waals surface area contributed by atoms with Crippen LogP contribution in [0.1, 0.15) is 12.5 Å². The van der Waals surface area contributed by atoms with Crippen LogP contribution in [0.3, 0.4) is 0 Å². The van der Waals surface area contributed by atoms with Crippen molar-refractivity contribution in [3.8, 4) is 0 Å². The van der Waals surface area contributed by atoms with Crippen molar-refractivity contribution in [2.24, 2.45) is 5.16 Å². The standard InChI is InChI=1S/C16H14BrNO2S/c1-12(19)20-18-16(11-17)13-7-9-15(10-8-13)21-14-5-3-2-4-6-14/h2-10H,11H2,1H3. The minimum atomic E-state index is -0.426. The van der Waals surface area contributed by atoms with E-state index in [1.165, 1.54) is 11.8 Å². The number of hydrogen-bond donors (Lipinski definition) is 0. The molecule has 0 fully saturated rings. The zero-order chi connectivity index (χ0) is 15.1. The lowest BCUT2D eigenvalue weighted by atomic mass is 10.1. The highest BCUT2D eigenvalue weighted by Crippen LogP contribution is 2.27. The van der Waals surface area contributed by atoms with Crippen LogP contribution in [0.5, 0.6) is 0 Å². The maximum absolute atomic E-state index is 10.8. The molecule has 0 radical (unpaired) electrons. The Kier molecular flexibility index (Phi) is 6.02. The molecule has 0 unspecified atom stereocenters. The minimum absolute atomic E-state index is 0.426. The van der Waals surface area contributed by atoms with Gasteiger partial charge in [0.25, 0.3) is 0 Å². The summed E-state index contributed by atoms with van der Waals surface area (Å²) < 4.78 is 0. The summed E-state index contributed by atoms with van der Waals surface area (Å²) in [7, 11) is 0. The molecule has 0 aromatic heterocycles. The summed E-state index contributed by atoms with van der Waals surface area (Å²) in [5, 5.41) is 4.36. The molecule has 2 aromatic rings. The zero-order valence-electron chi connectivity index (χ0n) is 11.5. The lowest BCUT2D eigenvalue weighted by Crippen LogP contribution is -2.05. The van der Waals surface area contributed by atoms with Crippen molar-refractivity contribution in [1.29, 1.82) is 0 Å². The molecule has 2 rings (SSSR count). The van der Waals surface area contributed by atoms with Gasteiger partial charge in [-0.15, -0.1) is 0 Å². The molecule has 0 aliphatic heterocycles. The number of oxime groups is 1. The molecule has 3 nitrogen and oxygen atoms in total. The molecule has 0 amide bonds. The lowest BCUT2D eigenvalue weighted by Gasteiger charge is -2.05. The summed E-state index contributed by atoms with van der Waals surface area (Å²) in [5.74, 6) is -0.426. The van der Waals surface area contributed by atoms with E-state index in [4.69, 9.17) is 0 Å². The van der Waals surface area contributed by atoms with Crippen molar-refractivity contribution in [2.45, 2.75) is 16.7 Å². The molecule has 0 saturated heterocycles. The Hall–Kier alpha value is -1.59. The van der Waals surface area contributed by atoms with Crippen LogP contribution < -0.4 is 0 Å². The van der Waals surface area contributed by atoms with Crippen LogP contribution in [-0.4, -0.2) is 17.0 Å². The smallest absolute Gasteiger partial charge is 0.318 e. The highest BCUT2D eigenvalue weighted by atomic mass is 79.9. The number of nitrogens with zero attached hydrogens (tertiary/aromatic N) is 1. The van der Waals surface area contributed by atoms with E-state index in [0.29, 0.717) is 11.0 Å². The molecule has 0 heterocycles. The predicted molar refractivity (Wildman–Crippen MR) is 89.1 cm³/mol. The first-order valence-corrected chi connectivity index (χ1v) is 8.26. The molecule has 0 saturated carbocycles. The van der Waals surface area contributed by atoms with Gasteiger partial charge in [0.15, 0.2) is 0 Å². The molecule has 0 N–H and O–H groups in total. The van der Waals surface area contributed by atoms with E-state index in [0.717, 1.165) is 10.5 Å². The number of alkyl halides is 1. The third-order valence-electron chi connectivity index (χ3n) is 2.58. The Morgan fingerprint density at radius 3 is 2.29 bits per heavy atom. The molecule has 0 spiro atoms. The van der Waals surface area contributed by atoms with Crippen molar-refractivity contribution in [2.75, 3.05) is 5.33 Å². The van der Waals surface area contributed by atoms with Crippen LogP contribution in [0.2, 0.25) is 0 Å². The van der Waals surface area contributed by atoms with Crippen molar-refractivity contribution in [3.63, 3.8) is 0 Å². The van der Waals surface area contributed by atoms with Gasteiger partial charge < -0.3 is 4.84 Å². The molecule has 0 atom stereocenters. The van der Waals surface area contributed by atoms with Crippen LogP contribution in [0.25, 0.3) is 0 Å². The number of hydrogen-bond acceptors (Lipinski definition) is 4. The number of carbonyl (C=O) groups excluding carboxylic acids is 1. The molecule has 21 heavy (non-hydrogen) atoms. The third-order valence-corrected chi connectivity index (χ3v) is 4.12. The van der Waals surface area contributed by atoms with Gasteiger partial charge in [0.05, 0.1) is 5.71 Å². The molecule has 0 aliphatic rings. The van der Waals surface area contributed by atoms with Gasteiger partial charge in [0.2, 0.25) is 0 Å². The molecule has 0 aliphatic carbocycles. The second kappa shape index (κ2) is 8.00. The monoisotopic (exact) mass is 363 g/mol. The number of rotatable bonds is 5. The van der Waals surface area contributed by atoms with Crippen LogP contribution in [-0.2, 0) is 9.63 Å². The maximum Gasteiger partial charge on any atom is 0.331 e. The molecule has 108 valence electrons. The fourth-order valence-corrected chi connectivity index (χ4v) is 2.88. The van der Waals surface area contributed by atoms with Crippen LogP contribution >= 0.6 is 27.7 Å². The van der Waals surface area contributed by atoms with Gasteiger partial charge >= 0.3 is 5.97 Å². The third kappa shape index (κ3) is 5.02. The fourth-order valence-electron chi connectivity index (χ4n) is 1.61. The number of benzene rings is 2. The Morgan fingerprint density at radius 2 is 1.71 bits per heavy atom. The van der Waals surface area contributed by atoms with E-state index in [2.05, 4.69) is 38.1 Å². The average Bonchev–Trinajstić information content (AvgIpc) is 2.50. The summed E-state index contributed by atoms with van der Waals surface area (Å²) in [5.41, 5.74) is 1.60. The molecular formula is C16H14BrNO2S. The number of carbonyl (C=O) groups is 1. The van der Waals surface area contributed by atoms with Crippen LogP contribution in [0, 0.1) is 0 Å². The second-order valence-electron chi connectivity index (χ2n) is 4.19. The SMILES string of the molecule is CC(=O)ON=C(CBr)c1ccc(Sc2ccccc2)cc1. The van der Waals surface area contributed by atoms with Gasteiger partial charge in [-0.3, -0.25) is 0 Å². The van der Waals surface area contributed by atoms with Crippen LogP contribution in [0.4, 0.5) is 0 Å². The lowest BCUT2D eigenvalue weighted by molar-refractivity contribution is -0.140. The Balaban J connectivity index is 2.10. The van der Waals surface area contributed by atoms with Crippen LogP contribution in [0.15, 0.2) is 69.5 Å².